The van der Waals surface area contributed by atoms with E-state index in [1.807, 2.05) is 12.1 Å². The number of tetrazole rings is 1. The van der Waals surface area contributed by atoms with Gasteiger partial charge in [-0.2, -0.15) is 18.7 Å². The molecule has 8 N–H and O–H groups in total. The van der Waals surface area contributed by atoms with Crippen molar-refractivity contribution in [3.63, 3.8) is 0 Å². The highest BCUT2D eigenvalue weighted by Gasteiger charge is 2.58. The molecular formula is C24H28N12O8S2. The number of hydrogen-bond donors (Lipinski definition) is 6. The molecule has 1 fully saturated rings. The predicted octanol–water partition coefficient (Wildman–Crippen LogP) is -0.462. The van der Waals surface area contributed by atoms with Crippen molar-refractivity contribution in [3.8, 4) is 5.75 Å². The van der Waals surface area contributed by atoms with Crippen LogP contribution >= 0.6 is 11.3 Å². The van der Waals surface area contributed by atoms with E-state index in [1.54, 1.807) is 18.3 Å². The van der Waals surface area contributed by atoms with Gasteiger partial charge in [0.15, 0.2) is 10.8 Å². The van der Waals surface area contributed by atoms with Crippen molar-refractivity contribution in [2.24, 2.45) is 10.9 Å². The highest BCUT2D eigenvalue weighted by molar-refractivity contribution is 7.80. The van der Waals surface area contributed by atoms with Gasteiger partial charge < -0.3 is 31.7 Å². The number of ether oxygens (including phenoxy) is 1. The van der Waals surface area contributed by atoms with Crippen molar-refractivity contribution in [2.75, 3.05) is 30.7 Å². The number of β-lactam (4-membered cyclic amide) rings is 1. The Hall–Kier alpha value is -5.03. The SMILES string of the molecule is CC1(C)C(NC(=O)/C(=N\O[C@@H](COc2ccc3c(NCCN)nccc3c2)c2nn[nH]n2)c2csc(N)n2)C(=O)N1OS(=O)(=O)O. The lowest BCUT2D eigenvalue weighted by molar-refractivity contribution is -0.218. The van der Waals surface area contributed by atoms with Crippen molar-refractivity contribution in [3.05, 3.63) is 47.4 Å². The van der Waals surface area contributed by atoms with Crippen molar-refractivity contribution in [1.82, 2.24) is 41.0 Å². The van der Waals surface area contributed by atoms with Gasteiger partial charge in [0.25, 0.3) is 11.8 Å². The van der Waals surface area contributed by atoms with E-state index in [0.717, 1.165) is 22.1 Å². The van der Waals surface area contributed by atoms with E-state index in [0.29, 0.717) is 29.7 Å². The Kier molecular flexibility index (Phi) is 9.24. The number of oxime groups is 1. The Morgan fingerprint density at radius 3 is 2.78 bits per heavy atom. The minimum Gasteiger partial charge on any atom is -0.489 e. The van der Waals surface area contributed by atoms with Gasteiger partial charge >= 0.3 is 10.4 Å². The fourth-order valence-corrected chi connectivity index (χ4v) is 5.35. The van der Waals surface area contributed by atoms with E-state index in [2.05, 4.69) is 50.7 Å². The van der Waals surface area contributed by atoms with Crippen LogP contribution in [0.1, 0.15) is 31.5 Å². The summed E-state index contributed by atoms with van der Waals surface area (Å²) in [6, 6.07) is 5.91. The summed E-state index contributed by atoms with van der Waals surface area (Å²) in [7, 11) is -4.99. The molecule has 0 bridgehead atoms. The van der Waals surface area contributed by atoms with Gasteiger partial charge in [-0.05, 0) is 43.5 Å². The maximum absolute atomic E-state index is 13.4. The maximum atomic E-state index is 13.4. The zero-order valence-electron chi connectivity index (χ0n) is 24.1. The number of hydroxylamine groups is 2. The van der Waals surface area contributed by atoms with Gasteiger partial charge in [-0.1, -0.05) is 10.4 Å². The minimum atomic E-state index is -4.99. The first kappa shape index (κ1) is 32.4. The molecule has 0 aliphatic carbocycles. The van der Waals surface area contributed by atoms with Gasteiger partial charge in [0.1, 0.15) is 29.9 Å². The van der Waals surface area contributed by atoms with E-state index in [-0.39, 0.29) is 29.0 Å². The predicted molar refractivity (Wildman–Crippen MR) is 161 cm³/mol. The number of aromatic amines is 1. The van der Waals surface area contributed by atoms with Gasteiger partial charge in [-0.15, -0.1) is 25.8 Å². The number of nitrogens with two attached hydrogens (primary N) is 2. The number of benzene rings is 1. The number of hydrogen-bond acceptors (Lipinski definition) is 17. The highest BCUT2D eigenvalue weighted by Crippen LogP contribution is 2.33. The molecule has 0 saturated carbocycles. The average Bonchev–Trinajstić information content (AvgIpc) is 3.71. The largest absolute Gasteiger partial charge is 0.489 e. The molecule has 1 aliphatic heterocycles. The number of fused-ring (bicyclic) bond motifs is 1. The zero-order chi connectivity index (χ0) is 33.1. The molecule has 0 spiro atoms. The summed E-state index contributed by atoms with van der Waals surface area (Å²) in [5.41, 5.74) is 9.62. The van der Waals surface area contributed by atoms with Crippen molar-refractivity contribution < 1.29 is 36.4 Å². The van der Waals surface area contributed by atoms with E-state index >= 15 is 0 Å². The Balaban J connectivity index is 1.35. The summed E-state index contributed by atoms with van der Waals surface area (Å²) >= 11 is 1.02. The van der Waals surface area contributed by atoms with Crippen LogP contribution in [0.25, 0.3) is 10.8 Å². The number of carbonyl (C=O) groups excluding carboxylic acids is 2. The highest BCUT2D eigenvalue weighted by atomic mass is 32.3. The fourth-order valence-electron chi connectivity index (χ4n) is 4.34. The van der Waals surface area contributed by atoms with Crippen LogP contribution in [0.4, 0.5) is 10.9 Å². The molecule has 3 aromatic heterocycles. The topological polar surface area (TPSA) is 288 Å². The number of nitrogens with zero attached hydrogens (tertiary/aromatic N) is 7. The van der Waals surface area contributed by atoms with Crippen LogP contribution in [0, 0.1) is 0 Å². The summed E-state index contributed by atoms with van der Waals surface area (Å²) in [6.45, 7) is 3.63. The van der Waals surface area contributed by atoms with Crippen molar-refractivity contribution in [2.45, 2.75) is 31.5 Å². The lowest BCUT2D eigenvalue weighted by Gasteiger charge is -2.50. The zero-order valence-corrected chi connectivity index (χ0v) is 25.8. The summed E-state index contributed by atoms with van der Waals surface area (Å²) in [5.74, 6) is -0.667. The number of nitrogens with one attached hydrogen (secondary N) is 3. The van der Waals surface area contributed by atoms with E-state index in [9.17, 15) is 18.0 Å². The third-order valence-electron chi connectivity index (χ3n) is 6.60. The summed E-state index contributed by atoms with van der Waals surface area (Å²) in [4.78, 5) is 40.1. The molecule has 244 valence electrons. The quantitative estimate of drug-likeness (QED) is 0.0426. The van der Waals surface area contributed by atoms with Gasteiger partial charge in [0.05, 0.1) is 5.54 Å². The maximum Gasteiger partial charge on any atom is 0.418 e. The molecule has 22 heteroatoms. The Morgan fingerprint density at radius 1 is 1.33 bits per heavy atom. The standard InChI is InChI=1S/C24H28N12O8S2/c1-24(2)18(22(38)36(24)44-46(39,40)41)30-21(37)17(15-11-45-23(26)29-15)33-43-16(20-31-34-35-32-20)10-42-13-3-4-14-12(9-13)5-7-27-19(14)28-8-6-25/h3-5,7,9,11,16,18H,6,8,10,25H2,1-2H3,(H2,26,29)(H,27,28)(H,30,37)(H,39,40,41)(H,31,32,34,35)/b33-17-/t16-,18?/m0/s1. The van der Waals surface area contributed by atoms with Crippen LogP contribution in [-0.2, 0) is 29.1 Å². The first-order valence-electron chi connectivity index (χ1n) is 13.3. The molecule has 1 aromatic carbocycles. The second-order valence-corrected chi connectivity index (χ2v) is 12.0. The lowest BCUT2D eigenvalue weighted by Crippen LogP contribution is -2.76. The van der Waals surface area contributed by atoms with Crippen LogP contribution in [0.3, 0.4) is 0 Å². The minimum absolute atomic E-state index is 0.0191. The second-order valence-electron chi connectivity index (χ2n) is 10.1. The molecule has 5 rings (SSSR count). The average molecular weight is 677 g/mol. The number of aromatic nitrogens is 6. The molecule has 1 unspecified atom stereocenters. The van der Waals surface area contributed by atoms with E-state index < -0.39 is 39.9 Å². The lowest BCUT2D eigenvalue weighted by atomic mass is 9.84. The molecule has 46 heavy (non-hydrogen) atoms. The summed E-state index contributed by atoms with van der Waals surface area (Å²) in [5, 5.41) is 27.1. The molecule has 20 nitrogen and oxygen atoms in total. The summed E-state index contributed by atoms with van der Waals surface area (Å²) < 4.78 is 41.6. The van der Waals surface area contributed by atoms with Crippen LogP contribution in [0.15, 0.2) is 41.0 Å². The monoisotopic (exact) mass is 676 g/mol. The molecule has 0 radical (unpaired) electrons. The van der Waals surface area contributed by atoms with Gasteiger partial charge in [-0.3, -0.25) is 14.1 Å². The Morgan fingerprint density at radius 2 is 2.13 bits per heavy atom. The number of amides is 2. The Labute approximate surface area is 264 Å². The van der Waals surface area contributed by atoms with Crippen LogP contribution in [0.5, 0.6) is 5.75 Å². The van der Waals surface area contributed by atoms with Crippen LogP contribution in [0.2, 0.25) is 0 Å². The number of thiazole rings is 1. The summed E-state index contributed by atoms with van der Waals surface area (Å²) in [6.07, 6.45) is 0.563. The Bertz CT molecular complexity index is 1870. The number of carbonyl (C=O) groups is 2. The first-order valence-corrected chi connectivity index (χ1v) is 15.6. The number of anilines is 2. The van der Waals surface area contributed by atoms with Crippen LogP contribution in [-0.4, -0.2) is 97.4 Å². The molecule has 2 amide bonds. The van der Waals surface area contributed by atoms with Gasteiger partial charge in [0.2, 0.25) is 11.9 Å². The smallest absolute Gasteiger partial charge is 0.418 e. The number of nitrogen functional groups attached to an aromatic ring is 1. The fraction of sp³-hybridized carbons (Fsp3) is 0.333. The molecule has 1 aliphatic rings. The third-order valence-corrected chi connectivity index (χ3v) is 7.61. The van der Waals surface area contributed by atoms with E-state index in [4.69, 9.17) is 25.6 Å². The number of pyridine rings is 1. The van der Waals surface area contributed by atoms with Crippen LogP contribution < -0.4 is 26.8 Å². The number of rotatable bonds is 14. The molecule has 4 aromatic rings. The third kappa shape index (κ3) is 7.10. The normalized spacial score (nSPS) is 17.0. The second kappa shape index (κ2) is 13.1. The van der Waals surface area contributed by atoms with Crippen molar-refractivity contribution in [1.29, 1.82) is 0 Å². The first-order chi connectivity index (χ1) is 21.9. The van der Waals surface area contributed by atoms with Gasteiger partial charge in [-0.25, -0.2) is 9.97 Å². The molecule has 1 saturated heterocycles. The molecule has 2 atom stereocenters. The van der Waals surface area contributed by atoms with E-state index in [1.165, 1.54) is 19.2 Å². The molecular weight excluding hydrogens is 648 g/mol. The van der Waals surface area contributed by atoms with Gasteiger partial charge in [0, 0.05) is 30.1 Å². The van der Waals surface area contributed by atoms with Crippen molar-refractivity contribution >= 4 is 61.0 Å². The number of H-pyrrole nitrogens is 1. The molecule has 4 heterocycles.